The summed E-state index contributed by atoms with van der Waals surface area (Å²) in [6, 6.07) is 3.06. The van der Waals surface area contributed by atoms with Crippen LogP contribution < -0.4 is 5.73 Å². The van der Waals surface area contributed by atoms with Crippen LogP contribution in [0.25, 0.3) is 0 Å². The van der Waals surface area contributed by atoms with Crippen molar-refractivity contribution in [2.45, 2.75) is 64.5 Å². The van der Waals surface area contributed by atoms with Crippen LogP contribution >= 0.6 is 0 Å². The first-order chi connectivity index (χ1) is 8.00. The molecule has 0 radical (unpaired) electrons. The topological polar surface area (TPSA) is 53.1 Å². The molecule has 0 aliphatic heterocycles. The van der Waals surface area contributed by atoms with Gasteiger partial charge in [-0.2, -0.15) is 5.26 Å². The normalized spacial score (nSPS) is 19.4. The Morgan fingerprint density at radius 2 is 2.12 bits per heavy atom. The Hall–Kier alpha value is -0.590. The molecular weight excluding hydrogens is 210 g/mol. The lowest BCUT2D eigenvalue weighted by atomic mass is 9.93. The zero-order chi connectivity index (χ0) is 12.9. The molecule has 98 valence electrons. The third-order valence-electron chi connectivity index (χ3n) is 3.58. The molecule has 0 amide bonds. The van der Waals surface area contributed by atoms with Gasteiger partial charge in [0.1, 0.15) is 5.54 Å². The number of nitriles is 1. The molecule has 2 N–H and O–H groups in total. The minimum atomic E-state index is -0.604. The standard InChI is InChI=1S/C14H27N3/c1-4-14(16,11-15)8-5-9-17(10-12(2)3)13-6-7-13/h12-13H,4-10,16H2,1-3H3. The maximum Gasteiger partial charge on any atom is 0.104 e. The summed E-state index contributed by atoms with van der Waals surface area (Å²) in [4.78, 5) is 2.58. The van der Waals surface area contributed by atoms with Crippen LogP contribution in [0, 0.1) is 17.2 Å². The van der Waals surface area contributed by atoms with E-state index in [1.54, 1.807) is 0 Å². The van der Waals surface area contributed by atoms with Gasteiger partial charge < -0.3 is 10.6 Å². The van der Waals surface area contributed by atoms with Gasteiger partial charge in [-0.3, -0.25) is 0 Å². The Bertz CT molecular complexity index is 265. The van der Waals surface area contributed by atoms with E-state index in [4.69, 9.17) is 11.0 Å². The Morgan fingerprint density at radius 3 is 2.53 bits per heavy atom. The maximum atomic E-state index is 9.03. The number of nitrogens with zero attached hydrogens (tertiary/aromatic N) is 2. The third kappa shape index (κ3) is 5.06. The fourth-order valence-electron chi connectivity index (χ4n) is 2.24. The number of hydrogen-bond acceptors (Lipinski definition) is 3. The summed E-state index contributed by atoms with van der Waals surface area (Å²) in [5, 5.41) is 9.03. The molecule has 1 unspecified atom stereocenters. The Kier molecular flexibility index (Phi) is 5.42. The molecule has 1 atom stereocenters. The molecule has 0 spiro atoms. The quantitative estimate of drug-likeness (QED) is 0.705. The van der Waals surface area contributed by atoms with Gasteiger partial charge >= 0.3 is 0 Å². The van der Waals surface area contributed by atoms with Crippen LogP contribution in [0.4, 0.5) is 0 Å². The van der Waals surface area contributed by atoms with Crippen molar-refractivity contribution in [1.82, 2.24) is 4.90 Å². The zero-order valence-electron chi connectivity index (χ0n) is 11.6. The smallest absolute Gasteiger partial charge is 0.104 e. The molecule has 3 nitrogen and oxygen atoms in total. The molecule has 0 heterocycles. The molecule has 1 aliphatic rings. The van der Waals surface area contributed by atoms with Gasteiger partial charge in [0.25, 0.3) is 0 Å². The minimum Gasteiger partial charge on any atom is -0.313 e. The van der Waals surface area contributed by atoms with Gasteiger partial charge in [0.15, 0.2) is 0 Å². The highest BCUT2D eigenvalue weighted by Crippen LogP contribution is 2.28. The summed E-state index contributed by atoms with van der Waals surface area (Å²) in [6.45, 7) is 8.81. The van der Waals surface area contributed by atoms with Gasteiger partial charge in [0.2, 0.25) is 0 Å². The largest absolute Gasteiger partial charge is 0.313 e. The van der Waals surface area contributed by atoms with Crippen molar-refractivity contribution in [3.05, 3.63) is 0 Å². The number of nitrogens with two attached hydrogens (primary N) is 1. The molecule has 1 fully saturated rings. The Balaban J connectivity index is 2.30. The maximum absolute atomic E-state index is 9.03. The van der Waals surface area contributed by atoms with E-state index < -0.39 is 5.54 Å². The first-order valence-corrected chi connectivity index (χ1v) is 6.95. The molecular formula is C14H27N3. The summed E-state index contributed by atoms with van der Waals surface area (Å²) < 4.78 is 0. The number of hydrogen-bond donors (Lipinski definition) is 1. The van der Waals surface area contributed by atoms with Crippen molar-refractivity contribution >= 4 is 0 Å². The molecule has 1 aliphatic carbocycles. The second kappa shape index (κ2) is 6.37. The summed E-state index contributed by atoms with van der Waals surface area (Å²) in [7, 11) is 0. The Morgan fingerprint density at radius 1 is 1.47 bits per heavy atom. The van der Waals surface area contributed by atoms with Crippen molar-refractivity contribution in [3.63, 3.8) is 0 Å². The molecule has 0 aromatic heterocycles. The van der Waals surface area contributed by atoms with Crippen molar-refractivity contribution in [3.8, 4) is 6.07 Å². The molecule has 0 aromatic rings. The highest BCUT2D eigenvalue weighted by atomic mass is 15.2. The van der Waals surface area contributed by atoms with Crippen molar-refractivity contribution in [2.75, 3.05) is 13.1 Å². The summed E-state index contributed by atoms with van der Waals surface area (Å²) in [6.07, 6.45) is 5.32. The lowest BCUT2D eigenvalue weighted by Gasteiger charge is -2.26. The molecule has 1 rings (SSSR count). The lowest BCUT2D eigenvalue weighted by Crippen LogP contribution is -2.39. The summed E-state index contributed by atoms with van der Waals surface area (Å²) in [5.74, 6) is 0.723. The highest BCUT2D eigenvalue weighted by molar-refractivity contribution is 5.03. The Labute approximate surface area is 106 Å². The molecule has 17 heavy (non-hydrogen) atoms. The average molecular weight is 237 g/mol. The fourth-order valence-corrected chi connectivity index (χ4v) is 2.24. The molecule has 0 saturated heterocycles. The first kappa shape index (κ1) is 14.5. The van der Waals surface area contributed by atoms with E-state index in [1.807, 2.05) is 6.92 Å². The van der Waals surface area contributed by atoms with Crippen LogP contribution in [0.5, 0.6) is 0 Å². The van der Waals surface area contributed by atoms with Gasteiger partial charge in [-0.15, -0.1) is 0 Å². The third-order valence-corrected chi connectivity index (χ3v) is 3.58. The van der Waals surface area contributed by atoms with Crippen LogP contribution in [0.15, 0.2) is 0 Å². The van der Waals surface area contributed by atoms with E-state index in [-0.39, 0.29) is 0 Å². The summed E-state index contributed by atoms with van der Waals surface area (Å²) in [5.41, 5.74) is 5.39. The van der Waals surface area contributed by atoms with Gasteiger partial charge in [-0.05, 0) is 44.6 Å². The van der Waals surface area contributed by atoms with Crippen LogP contribution in [0.1, 0.15) is 52.9 Å². The molecule has 0 bridgehead atoms. The minimum absolute atomic E-state index is 0.604. The summed E-state index contributed by atoms with van der Waals surface area (Å²) >= 11 is 0. The molecule has 0 aromatic carbocycles. The van der Waals surface area contributed by atoms with Crippen LogP contribution in [-0.2, 0) is 0 Å². The van der Waals surface area contributed by atoms with E-state index in [9.17, 15) is 0 Å². The van der Waals surface area contributed by atoms with E-state index in [0.29, 0.717) is 0 Å². The van der Waals surface area contributed by atoms with Gasteiger partial charge in [-0.25, -0.2) is 0 Å². The predicted molar refractivity (Wildman–Crippen MR) is 71.5 cm³/mol. The fraction of sp³-hybridized carbons (Fsp3) is 0.929. The zero-order valence-corrected chi connectivity index (χ0v) is 11.6. The van der Waals surface area contributed by atoms with Crippen molar-refractivity contribution in [1.29, 1.82) is 5.26 Å². The van der Waals surface area contributed by atoms with Crippen LogP contribution in [0.2, 0.25) is 0 Å². The van der Waals surface area contributed by atoms with E-state index in [1.165, 1.54) is 19.4 Å². The van der Waals surface area contributed by atoms with Crippen molar-refractivity contribution < 1.29 is 0 Å². The first-order valence-electron chi connectivity index (χ1n) is 6.95. The number of rotatable bonds is 8. The van der Waals surface area contributed by atoms with Gasteiger partial charge in [0.05, 0.1) is 6.07 Å². The lowest BCUT2D eigenvalue weighted by molar-refractivity contribution is 0.224. The van der Waals surface area contributed by atoms with Crippen LogP contribution in [-0.4, -0.2) is 29.6 Å². The van der Waals surface area contributed by atoms with Gasteiger partial charge in [-0.1, -0.05) is 20.8 Å². The van der Waals surface area contributed by atoms with Crippen LogP contribution in [0.3, 0.4) is 0 Å². The van der Waals surface area contributed by atoms with E-state index >= 15 is 0 Å². The second-order valence-corrected chi connectivity index (χ2v) is 5.85. The van der Waals surface area contributed by atoms with Gasteiger partial charge in [0, 0.05) is 12.6 Å². The van der Waals surface area contributed by atoms with E-state index in [0.717, 1.165) is 37.8 Å². The van der Waals surface area contributed by atoms with E-state index in [2.05, 4.69) is 24.8 Å². The SMILES string of the molecule is CCC(N)(C#N)CCCN(CC(C)C)C1CC1. The predicted octanol–water partition coefficient (Wildman–Crippen LogP) is 2.52. The highest BCUT2D eigenvalue weighted by Gasteiger charge is 2.29. The average Bonchev–Trinajstić information content (AvgIpc) is 3.11. The molecule has 3 heteroatoms. The monoisotopic (exact) mass is 237 g/mol. The second-order valence-electron chi connectivity index (χ2n) is 5.85. The van der Waals surface area contributed by atoms with Crippen molar-refractivity contribution in [2.24, 2.45) is 11.7 Å². The molecule has 1 saturated carbocycles.